The summed E-state index contributed by atoms with van der Waals surface area (Å²) in [5, 5.41) is -1.84. The molecule has 0 amide bonds. The molecule has 0 saturated heterocycles. The molecule has 0 rings (SSSR count). The third-order valence-electron chi connectivity index (χ3n) is 4.84. The fraction of sp³-hybridized carbons (Fsp3) is 1.00. The fourth-order valence-electron chi connectivity index (χ4n) is 3.23. The standard InChI is InChI=1S/C18H40O6P2/c1-2-3-4-5-6-7-8-9-10-11-12-13-14-15-16-17-18(25(19,20)21)26(22,23)24/h18H,2-17H2,1H3,(H2,19,20,21)(H2,22,23,24). The van der Waals surface area contributed by atoms with E-state index in [0.29, 0.717) is 6.42 Å². The Kier molecular flexibility index (Phi) is 15.4. The fourth-order valence-corrected chi connectivity index (χ4v) is 5.84. The zero-order valence-electron chi connectivity index (χ0n) is 16.4. The topological polar surface area (TPSA) is 115 Å². The van der Waals surface area contributed by atoms with Gasteiger partial charge in [-0.05, 0) is 6.42 Å². The van der Waals surface area contributed by atoms with Crippen molar-refractivity contribution >= 4 is 15.2 Å². The maximum atomic E-state index is 11.2. The summed E-state index contributed by atoms with van der Waals surface area (Å²) in [7, 11) is -9.50. The molecule has 0 aromatic heterocycles. The van der Waals surface area contributed by atoms with Gasteiger partial charge in [0, 0.05) is 0 Å². The van der Waals surface area contributed by atoms with E-state index in [1.807, 2.05) is 0 Å². The lowest BCUT2D eigenvalue weighted by atomic mass is 10.0. The molecular weight excluding hydrogens is 374 g/mol. The second kappa shape index (κ2) is 15.2. The van der Waals surface area contributed by atoms with Crippen LogP contribution in [0, 0.1) is 0 Å². The van der Waals surface area contributed by atoms with Crippen molar-refractivity contribution in [2.45, 2.75) is 115 Å². The van der Waals surface area contributed by atoms with Crippen LogP contribution in [0.15, 0.2) is 0 Å². The van der Waals surface area contributed by atoms with E-state index >= 15 is 0 Å². The first kappa shape index (κ1) is 26.3. The van der Waals surface area contributed by atoms with Gasteiger partial charge in [-0.3, -0.25) is 9.13 Å². The Bertz CT molecular complexity index is 396. The van der Waals surface area contributed by atoms with E-state index in [0.717, 1.165) is 25.7 Å². The third kappa shape index (κ3) is 15.4. The Morgan fingerprint density at radius 2 is 0.808 bits per heavy atom. The second-order valence-corrected chi connectivity index (χ2v) is 11.4. The molecule has 0 aliphatic heterocycles. The summed E-state index contributed by atoms with van der Waals surface area (Å²) in [6, 6.07) is 0. The second-order valence-electron chi connectivity index (χ2n) is 7.40. The van der Waals surface area contributed by atoms with Gasteiger partial charge in [-0.2, -0.15) is 0 Å². The lowest BCUT2D eigenvalue weighted by molar-refractivity contribution is 0.333. The first-order valence-corrected chi connectivity index (χ1v) is 13.7. The van der Waals surface area contributed by atoms with Crippen LogP contribution in [0.5, 0.6) is 0 Å². The smallest absolute Gasteiger partial charge is 0.324 e. The highest BCUT2D eigenvalue weighted by Gasteiger charge is 2.42. The van der Waals surface area contributed by atoms with Gasteiger partial charge in [0.2, 0.25) is 0 Å². The van der Waals surface area contributed by atoms with Gasteiger partial charge in [0.15, 0.2) is 5.40 Å². The van der Waals surface area contributed by atoms with Crippen molar-refractivity contribution in [2.75, 3.05) is 0 Å². The summed E-state index contributed by atoms with van der Waals surface area (Å²) >= 11 is 0. The van der Waals surface area contributed by atoms with Crippen LogP contribution in [0.25, 0.3) is 0 Å². The maximum absolute atomic E-state index is 11.2. The molecule has 0 aromatic carbocycles. The molecule has 0 aliphatic rings. The molecule has 0 aromatic rings. The molecule has 0 bridgehead atoms. The van der Waals surface area contributed by atoms with Crippen molar-refractivity contribution in [1.82, 2.24) is 0 Å². The minimum atomic E-state index is -4.75. The van der Waals surface area contributed by atoms with Crippen LogP contribution in [0.2, 0.25) is 0 Å². The Morgan fingerprint density at radius 1 is 0.538 bits per heavy atom. The first-order valence-electron chi connectivity index (χ1n) is 10.3. The molecule has 158 valence electrons. The van der Waals surface area contributed by atoms with E-state index in [1.54, 1.807) is 0 Å². The average molecular weight is 414 g/mol. The molecule has 4 N–H and O–H groups in total. The molecule has 0 unspecified atom stereocenters. The van der Waals surface area contributed by atoms with E-state index in [-0.39, 0.29) is 6.42 Å². The van der Waals surface area contributed by atoms with Crippen molar-refractivity contribution in [2.24, 2.45) is 0 Å². The van der Waals surface area contributed by atoms with E-state index in [4.69, 9.17) is 19.6 Å². The normalized spacial score (nSPS) is 12.8. The summed E-state index contributed by atoms with van der Waals surface area (Å²) in [6.07, 6.45) is 17.5. The van der Waals surface area contributed by atoms with Gasteiger partial charge in [0.05, 0.1) is 0 Å². The SMILES string of the molecule is CCCCCCCCCCCCCCCCCC(P(=O)(O)O)P(=O)(O)O. The Hall–Kier alpha value is 0.300. The summed E-state index contributed by atoms with van der Waals surface area (Å²) in [5.41, 5.74) is 0. The highest BCUT2D eigenvalue weighted by molar-refractivity contribution is 7.70. The monoisotopic (exact) mass is 414 g/mol. The van der Waals surface area contributed by atoms with Crippen LogP contribution in [0.3, 0.4) is 0 Å². The molecule has 0 heterocycles. The highest BCUT2D eigenvalue weighted by atomic mass is 31.2. The number of rotatable bonds is 18. The van der Waals surface area contributed by atoms with Gasteiger partial charge >= 0.3 is 15.2 Å². The van der Waals surface area contributed by atoms with Crippen molar-refractivity contribution in [3.63, 3.8) is 0 Å². The summed E-state index contributed by atoms with van der Waals surface area (Å²) in [5.74, 6) is 0. The van der Waals surface area contributed by atoms with Crippen LogP contribution in [0.1, 0.15) is 110 Å². The van der Waals surface area contributed by atoms with E-state index in [9.17, 15) is 9.13 Å². The summed E-state index contributed by atoms with van der Waals surface area (Å²) in [6.45, 7) is 2.24. The van der Waals surface area contributed by atoms with E-state index < -0.39 is 20.6 Å². The highest BCUT2D eigenvalue weighted by Crippen LogP contribution is 2.61. The number of hydrogen-bond acceptors (Lipinski definition) is 2. The average Bonchev–Trinajstić information content (AvgIpc) is 2.52. The predicted molar refractivity (Wildman–Crippen MR) is 107 cm³/mol. The molecule has 0 saturated carbocycles. The molecule has 0 atom stereocenters. The molecule has 0 spiro atoms. The molecule has 0 aliphatic carbocycles. The zero-order chi connectivity index (χ0) is 19.9. The number of hydrogen-bond donors (Lipinski definition) is 4. The summed E-state index contributed by atoms with van der Waals surface area (Å²) < 4.78 is 22.3. The van der Waals surface area contributed by atoms with Gasteiger partial charge in [-0.15, -0.1) is 0 Å². The van der Waals surface area contributed by atoms with Gasteiger partial charge in [-0.25, -0.2) is 0 Å². The third-order valence-corrected chi connectivity index (χ3v) is 8.72. The van der Waals surface area contributed by atoms with Crippen LogP contribution >= 0.6 is 15.2 Å². The van der Waals surface area contributed by atoms with Gasteiger partial charge in [-0.1, -0.05) is 103 Å². The van der Waals surface area contributed by atoms with Crippen LogP contribution in [-0.4, -0.2) is 25.0 Å². The van der Waals surface area contributed by atoms with Crippen molar-refractivity contribution in [1.29, 1.82) is 0 Å². The van der Waals surface area contributed by atoms with Gasteiger partial charge < -0.3 is 19.6 Å². The molecular formula is C18H40O6P2. The van der Waals surface area contributed by atoms with Crippen LogP contribution < -0.4 is 0 Å². The Labute approximate surface area is 159 Å². The predicted octanol–water partition coefficient (Wildman–Crippen LogP) is 5.93. The van der Waals surface area contributed by atoms with Crippen molar-refractivity contribution < 1.29 is 28.7 Å². The van der Waals surface area contributed by atoms with E-state index in [1.165, 1.54) is 64.2 Å². The van der Waals surface area contributed by atoms with Crippen LogP contribution in [-0.2, 0) is 9.13 Å². The molecule has 0 radical (unpaired) electrons. The lowest BCUT2D eigenvalue weighted by Crippen LogP contribution is -2.09. The number of unbranched alkanes of at least 4 members (excludes halogenated alkanes) is 14. The zero-order valence-corrected chi connectivity index (χ0v) is 18.2. The molecule has 26 heavy (non-hydrogen) atoms. The minimum absolute atomic E-state index is 0.118. The maximum Gasteiger partial charge on any atom is 0.340 e. The largest absolute Gasteiger partial charge is 0.340 e. The van der Waals surface area contributed by atoms with E-state index in [2.05, 4.69) is 6.92 Å². The minimum Gasteiger partial charge on any atom is -0.324 e. The molecule has 8 heteroatoms. The lowest BCUT2D eigenvalue weighted by Gasteiger charge is -2.19. The first-order chi connectivity index (χ1) is 12.2. The Morgan fingerprint density at radius 3 is 1.08 bits per heavy atom. The quantitative estimate of drug-likeness (QED) is 0.163. The van der Waals surface area contributed by atoms with Crippen LogP contribution in [0.4, 0.5) is 0 Å². The Balaban J connectivity index is 3.46. The molecule has 6 nitrogen and oxygen atoms in total. The van der Waals surface area contributed by atoms with Gasteiger partial charge in [0.25, 0.3) is 0 Å². The summed E-state index contributed by atoms with van der Waals surface area (Å²) in [4.78, 5) is 36.2. The van der Waals surface area contributed by atoms with Crippen molar-refractivity contribution in [3.05, 3.63) is 0 Å². The van der Waals surface area contributed by atoms with Gasteiger partial charge in [0.1, 0.15) is 0 Å². The molecule has 0 fully saturated rings. The van der Waals surface area contributed by atoms with Crippen molar-refractivity contribution in [3.8, 4) is 0 Å².